The smallest absolute Gasteiger partial charge is 0.341 e. The molecule has 18 heavy (non-hydrogen) atoms. The Kier molecular flexibility index (Phi) is 3.79. The van der Waals surface area contributed by atoms with Crippen LogP contribution < -0.4 is 4.74 Å². The molecule has 2 rings (SSSR count). The molecule has 0 amide bonds. The van der Waals surface area contributed by atoms with Gasteiger partial charge >= 0.3 is 5.97 Å². The molecule has 1 aromatic heterocycles. The fraction of sp³-hybridized carbons (Fsp3) is 0.0769. The average Bonchev–Trinajstić information content (AvgIpc) is 2.38. The van der Waals surface area contributed by atoms with Crippen molar-refractivity contribution in [3.63, 3.8) is 0 Å². The number of benzene rings is 1. The summed E-state index contributed by atoms with van der Waals surface area (Å²) < 4.78 is 5.46. The number of carboxylic acids is 1. The summed E-state index contributed by atoms with van der Waals surface area (Å²) in [7, 11) is 0. The van der Waals surface area contributed by atoms with Crippen LogP contribution in [0.3, 0.4) is 0 Å². The molecule has 0 atom stereocenters. The number of hydrogen-bond donors (Lipinski definition) is 1. The summed E-state index contributed by atoms with van der Waals surface area (Å²) in [5, 5.41) is 9.56. The van der Waals surface area contributed by atoms with Crippen LogP contribution in [0, 0.1) is 0 Å². The van der Waals surface area contributed by atoms with Gasteiger partial charge in [0, 0.05) is 23.0 Å². The quantitative estimate of drug-likeness (QED) is 0.921. The highest BCUT2D eigenvalue weighted by Crippen LogP contribution is 2.21. The van der Waals surface area contributed by atoms with Gasteiger partial charge in [0.15, 0.2) is 0 Å². The van der Waals surface area contributed by atoms with Gasteiger partial charge in [-0.25, -0.2) is 4.79 Å². The van der Waals surface area contributed by atoms with Gasteiger partial charge in [0.05, 0.1) is 0 Å². The van der Waals surface area contributed by atoms with E-state index in [2.05, 4.69) is 4.98 Å². The number of carboxylic acid groups (broad SMARTS) is 1. The van der Waals surface area contributed by atoms with Crippen LogP contribution in [0.4, 0.5) is 0 Å². The molecule has 0 aliphatic heterocycles. The molecule has 4 nitrogen and oxygen atoms in total. The highest BCUT2D eigenvalue weighted by Gasteiger charge is 2.11. The molecular weight excluding hydrogens is 254 g/mol. The van der Waals surface area contributed by atoms with E-state index in [1.54, 1.807) is 6.07 Å². The zero-order chi connectivity index (χ0) is 13.0. The van der Waals surface area contributed by atoms with Crippen molar-refractivity contribution in [1.82, 2.24) is 4.98 Å². The molecule has 5 heteroatoms. The Morgan fingerprint density at radius 2 is 2.11 bits per heavy atom. The number of carbonyl (C=O) groups is 1. The van der Waals surface area contributed by atoms with Crippen molar-refractivity contribution in [2.45, 2.75) is 6.61 Å². The third-order valence-corrected chi connectivity index (χ3v) is 2.72. The van der Waals surface area contributed by atoms with Crippen LogP contribution in [0.15, 0.2) is 42.7 Å². The van der Waals surface area contributed by atoms with Crippen LogP contribution >= 0.6 is 11.6 Å². The number of hydrogen-bond acceptors (Lipinski definition) is 3. The van der Waals surface area contributed by atoms with Gasteiger partial charge in [0.1, 0.15) is 17.9 Å². The normalized spacial score (nSPS) is 10.1. The second kappa shape index (κ2) is 5.51. The van der Waals surface area contributed by atoms with Crippen LogP contribution in [0.1, 0.15) is 15.9 Å². The van der Waals surface area contributed by atoms with Gasteiger partial charge in [-0.1, -0.05) is 29.8 Å². The molecule has 0 aliphatic carbocycles. The Morgan fingerprint density at radius 3 is 2.83 bits per heavy atom. The second-order valence-electron chi connectivity index (χ2n) is 3.56. The van der Waals surface area contributed by atoms with Crippen LogP contribution in [0.25, 0.3) is 0 Å². The van der Waals surface area contributed by atoms with Crippen molar-refractivity contribution >= 4 is 17.6 Å². The Hall–Kier alpha value is -2.07. The predicted octanol–water partition coefficient (Wildman–Crippen LogP) is 3.01. The predicted molar refractivity (Wildman–Crippen MR) is 67.0 cm³/mol. The zero-order valence-corrected chi connectivity index (χ0v) is 10.1. The van der Waals surface area contributed by atoms with E-state index in [1.807, 2.05) is 18.2 Å². The van der Waals surface area contributed by atoms with Crippen LogP contribution in [0.5, 0.6) is 5.75 Å². The van der Waals surface area contributed by atoms with Gasteiger partial charge in [-0.3, -0.25) is 4.98 Å². The monoisotopic (exact) mass is 263 g/mol. The number of ether oxygens (including phenoxy) is 1. The second-order valence-corrected chi connectivity index (χ2v) is 3.96. The molecule has 2 aromatic rings. The van der Waals surface area contributed by atoms with Gasteiger partial charge in [-0.2, -0.15) is 0 Å². The van der Waals surface area contributed by atoms with Crippen LogP contribution in [-0.2, 0) is 6.61 Å². The largest absolute Gasteiger partial charge is 0.488 e. The maximum absolute atomic E-state index is 11.0. The topological polar surface area (TPSA) is 59.4 Å². The van der Waals surface area contributed by atoms with Gasteiger partial charge in [-0.05, 0) is 12.1 Å². The Morgan fingerprint density at radius 1 is 1.33 bits per heavy atom. The van der Waals surface area contributed by atoms with Gasteiger partial charge < -0.3 is 9.84 Å². The summed E-state index contributed by atoms with van der Waals surface area (Å²) in [5.74, 6) is -0.797. The van der Waals surface area contributed by atoms with Crippen molar-refractivity contribution in [3.05, 3.63) is 58.9 Å². The van der Waals surface area contributed by atoms with Crippen molar-refractivity contribution in [3.8, 4) is 5.75 Å². The molecule has 1 N–H and O–H groups in total. The molecule has 92 valence electrons. The summed E-state index contributed by atoms with van der Waals surface area (Å²) in [6, 6.07) is 8.76. The highest BCUT2D eigenvalue weighted by molar-refractivity contribution is 6.31. The van der Waals surface area contributed by atoms with Crippen LogP contribution in [-0.4, -0.2) is 16.1 Å². The number of rotatable bonds is 4. The lowest BCUT2D eigenvalue weighted by molar-refractivity contribution is 0.0691. The van der Waals surface area contributed by atoms with E-state index in [4.69, 9.17) is 21.4 Å². The fourth-order valence-electron chi connectivity index (χ4n) is 1.44. The first-order valence-corrected chi connectivity index (χ1v) is 5.60. The molecule has 0 saturated carbocycles. The van der Waals surface area contributed by atoms with Crippen molar-refractivity contribution in [2.24, 2.45) is 0 Å². The standard InChI is InChI=1S/C13H10ClNO3/c14-11-4-2-1-3-9(11)8-18-12-5-6-15-7-10(12)13(16)17/h1-7H,8H2,(H,16,17). The summed E-state index contributed by atoms with van der Waals surface area (Å²) in [5.41, 5.74) is 0.830. The first-order valence-electron chi connectivity index (χ1n) is 5.22. The summed E-state index contributed by atoms with van der Waals surface area (Å²) in [6.45, 7) is 0.212. The molecule has 0 bridgehead atoms. The summed E-state index contributed by atoms with van der Waals surface area (Å²) in [6.07, 6.45) is 2.73. The first-order chi connectivity index (χ1) is 8.68. The molecule has 0 spiro atoms. The fourth-order valence-corrected chi connectivity index (χ4v) is 1.63. The molecule has 0 aliphatic rings. The molecule has 0 radical (unpaired) electrons. The SMILES string of the molecule is O=C(O)c1cnccc1OCc1ccccc1Cl. The summed E-state index contributed by atoms with van der Waals surface area (Å²) >= 11 is 5.98. The van der Waals surface area contributed by atoms with Crippen molar-refractivity contribution in [1.29, 1.82) is 0 Å². The third-order valence-electron chi connectivity index (χ3n) is 2.35. The number of aromatic nitrogens is 1. The Labute approximate surface area is 109 Å². The minimum absolute atomic E-state index is 0.0320. The number of halogens is 1. The molecule has 0 unspecified atom stereocenters. The van der Waals surface area contributed by atoms with E-state index in [-0.39, 0.29) is 17.9 Å². The lowest BCUT2D eigenvalue weighted by atomic mass is 10.2. The highest BCUT2D eigenvalue weighted by atomic mass is 35.5. The lowest BCUT2D eigenvalue weighted by Crippen LogP contribution is -2.04. The van der Waals surface area contributed by atoms with E-state index in [0.717, 1.165) is 5.56 Å². The number of nitrogens with zero attached hydrogens (tertiary/aromatic N) is 1. The number of aromatic carboxylic acids is 1. The Bertz CT molecular complexity index is 572. The van der Waals surface area contributed by atoms with E-state index in [9.17, 15) is 4.79 Å². The minimum atomic E-state index is -1.07. The first kappa shape index (κ1) is 12.4. The maximum Gasteiger partial charge on any atom is 0.341 e. The van der Waals surface area contributed by atoms with Crippen LogP contribution in [0.2, 0.25) is 5.02 Å². The molecule has 0 fully saturated rings. The van der Waals surface area contributed by atoms with E-state index < -0.39 is 5.97 Å². The van der Waals surface area contributed by atoms with E-state index in [0.29, 0.717) is 5.02 Å². The zero-order valence-electron chi connectivity index (χ0n) is 9.34. The maximum atomic E-state index is 11.0. The van der Waals surface area contributed by atoms with Crippen molar-refractivity contribution in [2.75, 3.05) is 0 Å². The molecular formula is C13H10ClNO3. The molecule has 0 saturated heterocycles. The molecule has 1 aromatic carbocycles. The number of pyridine rings is 1. The van der Waals surface area contributed by atoms with E-state index in [1.165, 1.54) is 18.5 Å². The van der Waals surface area contributed by atoms with E-state index >= 15 is 0 Å². The van der Waals surface area contributed by atoms with Gasteiger partial charge in [-0.15, -0.1) is 0 Å². The summed E-state index contributed by atoms with van der Waals surface area (Å²) in [4.78, 5) is 14.7. The average molecular weight is 264 g/mol. The van der Waals surface area contributed by atoms with Crippen molar-refractivity contribution < 1.29 is 14.6 Å². The molecule has 1 heterocycles. The van der Waals surface area contributed by atoms with Gasteiger partial charge in [0.25, 0.3) is 0 Å². The lowest BCUT2D eigenvalue weighted by Gasteiger charge is -2.09. The third kappa shape index (κ3) is 2.78. The van der Waals surface area contributed by atoms with Gasteiger partial charge in [0.2, 0.25) is 0 Å². The minimum Gasteiger partial charge on any atom is -0.488 e. The Balaban J connectivity index is 2.16.